The Morgan fingerprint density at radius 3 is 2.69 bits per heavy atom. The predicted molar refractivity (Wildman–Crippen MR) is 64.4 cm³/mol. The topological polar surface area (TPSA) is 37.8 Å². The van der Waals surface area contributed by atoms with E-state index in [1.165, 1.54) is 18.5 Å². The third-order valence-electron chi connectivity index (χ3n) is 1.84. The van der Waals surface area contributed by atoms with Gasteiger partial charge in [-0.25, -0.2) is 14.4 Å². The zero-order valence-corrected chi connectivity index (χ0v) is 10.3. The van der Waals surface area contributed by atoms with Gasteiger partial charge in [0.15, 0.2) is 11.0 Å². The smallest absolute Gasteiger partial charge is 0.171 e. The molecule has 0 radical (unpaired) electrons. The van der Waals surface area contributed by atoms with Gasteiger partial charge in [0, 0.05) is 18.1 Å². The Kier molecular flexibility index (Phi) is 3.36. The van der Waals surface area contributed by atoms with Crippen LogP contribution >= 0.6 is 27.5 Å². The SMILES string of the molecule is Fc1ccc(Nc2nccnc2Cl)cc1Br. The second kappa shape index (κ2) is 4.76. The van der Waals surface area contributed by atoms with E-state index < -0.39 is 0 Å². The van der Waals surface area contributed by atoms with Crippen molar-refractivity contribution in [3.8, 4) is 0 Å². The molecule has 0 aliphatic heterocycles. The third-order valence-corrected chi connectivity index (χ3v) is 2.72. The van der Waals surface area contributed by atoms with E-state index in [0.29, 0.717) is 16.0 Å². The molecule has 0 bridgehead atoms. The number of aromatic nitrogens is 2. The van der Waals surface area contributed by atoms with Crippen LogP contribution in [0.25, 0.3) is 0 Å². The lowest BCUT2D eigenvalue weighted by Crippen LogP contribution is -1.95. The Hall–Kier alpha value is -1.20. The van der Waals surface area contributed by atoms with Crippen molar-refractivity contribution in [3.63, 3.8) is 0 Å². The minimum atomic E-state index is -0.323. The van der Waals surface area contributed by atoms with Crippen molar-refractivity contribution in [1.82, 2.24) is 9.97 Å². The molecule has 0 aliphatic carbocycles. The van der Waals surface area contributed by atoms with Crippen molar-refractivity contribution in [2.24, 2.45) is 0 Å². The van der Waals surface area contributed by atoms with E-state index in [1.807, 2.05) is 0 Å². The molecule has 1 heterocycles. The fourth-order valence-electron chi connectivity index (χ4n) is 1.12. The van der Waals surface area contributed by atoms with Gasteiger partial charge in [-0.15, -0.1) is 0 Å². The van der Waals surface area contributed by atoms with Crippen molar-refractivity contribution in [1.29, 1.82) is 0 Å². The van der Waals surface area contributed by atoms with E-state index in [9.17, 15) is 4.39 Å². The fraction of sp³-hybridized carbons (Fsp3) is 0. The Labute approximate surface area is 105 Å². The average molecular weight is 303 g/mol. The monoisotopic (exact) mass is 301 g/mol. The standard InChI is InChI=1S/C10H6BrClFN3/c11-7-5-6(1-2-8(7)13)16-10-9(12)14-3-4-15-10/h1-5H,(H,15,16). The van der Waals surface area contributed by atoms with Crippen molar-refractivity contribution < 1.29 is 4.39 Å². The number of rotatable bonds is 2. The first-order valence-corrected chi connectivity index (χ1v) is 5.52. The first-order chi connectivity index (χ1) is 7.66. The van der Waals surface area contributed by atoms with E-state index in [1.54, 1.807) is 12.1 Å². The molecule has 0 aliphatic rings. The summed E-state index contributed by atoms with van der Waals surface area (Å²) in [6, 6.07) is 4.53. The number of benzene rings is 1. The van der Waals surface area contributed by atoms with Crippen LogP contribution in [0.2, 0.25) is 5.15 Å². The molecule has 16 heavy (non-hydrogen) atoms. The van der Waals surface area contributed by atoms with Crippen LogP contribution in [0.15, 0.2) is 35.1 Å². The fourth-order valence-corrected chi connectivity index (χ4v) is 1.65. The Balaban J connectivity index is 2.28. The molecular formula is C10H6BrClFN3. The van der Waals surface area contributed by atoms with Crippen LogP contribution in [0.1, 0.15) is 0 Å². The number of nitrogens with zero attached hydrogens (tertiary/aromatic N) is 2. The molecule has 1 N–H and O–H groups in total. The van der Waals surface area contributed by atoms with E-state index in [-0.39, 0.29) is 11.0 Å². The van der Waals surface area contributed by atoms with Gasteiger partial charge in [-0.2, -0.15) is 0 Å². The molecule has 3 nitrogen and oxygen atoms in total. The van der Waals surface area contributed by atoms with E-state index >= 15 is 0 Å². The molecule has 0 saturated carbocycles. The van der Waals surface area contributed by atoms with E-state index in [0.717, 1.165) is 0 Å². The van der Waals surface area contributed by atoms with Crippen molar-refractivity contribution in [3.05, 3.63) is 46.0 Å². The van der Waals surface area contributed by atoms with Crippen LogP contribution in [0.3, 0.4) is 0 Å². The largest absolute Gasteiger partial charge is 0.338 e. The summed E-state index contributed by atoms with van der Waals surface area (Å²) >= 11 is 8.92. The first-order valence-electron chi connectivity index (χ1n) is 4.35. The summed E-state index contributed by atoms with van der Waals surface area (Å²) in [6.07, 6.45) is 3.01. The molecule has 1 aromatic heterocycles. The summed E-state index contributed by atoms with van der Waals surface area (Å²) in [5.41, 5.74) is 0.677. The normalized spacial score (nSPS) is 10.2. The quantitative estimate of drug-likeness (QED) is 0.917. The number of hydrogen-bond donors (Lipinski definition) is 1. The van der Waals surface area contributed by atoms with Gasteiger partial charge < -0.3 is 5.32 Å². The minimum absolute atomic E-state index is 0.267. The summed E-state index contributed by atoms with van der Waals surface area (Å²) in [7, 11) is 0. The number of halogens is 3. The molecule has 0 saturated heterocycles. The third kappa shape index (κ3) is 2.48. The lowest BCUT2D eigenvalue weighted by molar-refractivity contribution is 0.621. The summed E-state index contributed by atoms with van der Waals surface area (Å²) in [4.78, 5) is 7.88. The maximum absolute atomic E-state index is 13.0. The molecular weight excluding hydrogens is 296 g/mol. The summed E-state index contributed by atoms with van der Waals surface area (Å²) in [5, 5.41) is 3.20. The van der Waals surface area contributed by atoms with Gasteiger partial charge in [-0.1, -0.05) is 11.6 Å². The maximum Gasteiger partial charge on any atom is 0.171 e. The van der Waals surface area contributed by atoms with Gasteiger partial charge in [0.05, 0.1) is 4.47 Å². The lowest BCUT2D eigenvalue weighted by atomic mass is 10.3. The van der Waals surface area contributed by atoms with Crippen LogP contribution in [0, 0.1) is 5.82 Å². The summed E-state index contributed by atoms with van der Waals surface area (Å²) < 4.78 is 13.4. The van der Waals surface area contributed by atoms with Gasteiger partial charge in [0.1, 0.15) is 5.82 Å². The van der Waals surface area contributed by atoms with Crippen LogP contribution in [-0.2, 0) is 0 Å². The molecule has 1 aromatic carbocycles. The highest BCUT2D eigenvalue weighted by molar-refractivity contribution is 9.10. The zero-order valence-electron chi connectivity index (χ0n) is 7.92. The van der Waals surface area contributed by atoms with Crippen LogP contribution < -0.4 is 5.32 Å². The van der Waals surface area contributed by atoms with Crippen molar-refractivity contribution >= 4 is 39.0 Å². The van der Waals surface area contributed by atoms with Crippen LogP contribution in [-0.4, -0.2) is 9.97 Å². The van der Waals surface area contributed by atoms with E-state index in [2.05, 4.69) is 31.2 Å². The molecule has 0 amide bonds. The number of nitrogens with one attached hydrogen (secondary N) is 1. The van der Waals surface area contributed by atoms with Gasteiger partial charge in [-0.3, -0.25) is 0 Å². The lowest BCUT2D eigenvalue weighted by Gasteiger charge is -2.06. The zero-order chi connectivity index (χ0) is 11.5. The Morgan fingerprint density at radius 2 is 2.00 bits per heavy atom. The van der Waals surface area contributed by atoms with Crippen LogP contribution in [0.5, 0.6) is 0 Å². The highest BCUT2D eigenvalue weighted by Crippen LogP contribution is 2.24. The molecule has 0 atom stereocenters. The number of hydrogen-bond acceptors (Lipinski definition) is 3. The second-order valence-corrected chi connectivity index (χ2v) is 4.16. The molecule has 0 fully saturated rings. The van der Waals surface area contributed by atoms with Gasteiger partial charge >= 0.3 is 0 Å². The highest BCUT2D eigenvalue weighted by atomic mass is 79.9. The summed E-state index contributed by atoms with van der Waals surface area (Å²) in [6.45, 7) is 0. The maximum atomic E-state index is 13.0. The van der Waals surface area contributed by atoms with Crippen molar-refractivity contribution in [2.75, 3.05) is 5.32 Å². The molecule has 82 valence electrons. The molecule has 0 spiro atoms. The average Bonchev–Trinajstić information content (AvgIpc) is 2.27. The van der Waals surface area contributed by atoms with E-state index in [4.69, 9.17) is 11.6 Å². The van der Waals surface area contributed by atoms with Gasteiger partial charge in [-0.05, 0) is 34.1 Å². The first kappa shape index (κ1) is 11.3. The van der Waals surface area contributed by atoms with Gasteiger partial charge in [0.25, 0.3) is 0 Å². The molecule has 2 aromatic rings. The molecule has 0 unspecified atom stereocenters. The van der Waals surface area contributed by atoms with Crippen LogP contribution in [0.4, 0.5) is 15.9 Å². The van der Waals surface area contributed by atoms with Gasteiger partial charge in [0.2, 0.25) is 0 Å². The minimum Gasteiger partial charge on any atom is -0.338 e. The highest BCUT2D eigenvalue weighted by Gasteiger charge is 2.04. The number of anilines is 2. The molecule has 6 heteroatoms. The predicted octanol–water partition coefficient (Wildman–Crippen LogP) is 3.78. The second-order valence-electron chi connectivity index (χ2n) is 2.95. The summed E-state index contributed by atoms with van der Waals surface area (Å²) in [5.74, 6) is 0.110. The Morgan fingerprint density at radius 1 is 1.25 bits per heavy atom. The van der Waals surface area contributed by atoms with Crippen molar-refractivity contribution in [2.45, 2.75) is 0 Å². The Bertz CT molecular complexity index is 521. The molecule has 2 rings (SSSR count).